The van der Waals surface area contributed by atoms with Gasteiger partial charge in [0.15, 0.2) is 0 Å². The Bertz CT molecular complexity index is 1200. The highest BCUT2D eigenvalue weighted by Crippen LogP contribution is 2.24. The zero-order valence-corrected chi connectivity index (χ0v) is 18.7. The van der Waals surface area contributed by atoms with Crippen LogP contribution in [0.3, 0.4) is 0 Å². The first kappa shape index (κ1) is 23.6. The molecule has 3 rings (SSSR count). The van der Waals surface area contributed by atoms with E-state index in [1.54, 1.807) is 63.2 Å². The Labute approximate surface area is 190 Å². The Hall–Kier alpha value is -4.08. The summed E-state index contributed by atoms with van der Waals surface area (Å²) >= 11 is 0. The van der Waals surface area contributed by atoms with Gasteiger partial charge in [-0.05, 0) is 63.6 Å². The lowest BCUT2D eigenvalue weighted by Gasteiger charge is -2.12. The highest BCUT2D eigenvalue weighted by atomic mass is 19.1. The van der Waals surface area contributed by atoms with Gasteiger partial charge in [0.05, 0.1) is 10.6 Å². The summed E-state index contributed by atoms with van der Waals surface area (Å²) in [6.45, 7) is 6.50. The zero-order chi connectivity index (χ0) is 24.1. The van der Waals surface area contributed by atoms with E-state index in [-0.39, 0.29) is 23.8 Å². The fourth-order valence-electron chi connectivity index (χ4n) is 3.27. The Morgan fingerprint density at radius 3 is 2.52 bits per heavy atom. The number of hydrazone groups is 1. The molecule has 0 spiro atoms. The molecule has 3 aromatic rings. The number of hydrogen-bond donors (Lipinski definition) is 1. The maximum absolute atomic E-state index is 13.7. The molecule has 0 aliphatic heterocycles. The van der Waals surface area contributed by atoms with Gasteiger partial charge < -0.3 is 4.74 Å². The lowest BCUT2D eigenvalue weighted by molar-refractivity contribution is -0.386. The molecule has 1 unspecified atom stereocenters. The maximum Gasteiger partial charge on any atom is 0.312 e. The molecule has 0 aliphatic carbocycles. The predicted octanol–water partition coefficient (Wildman–Crippen LogP) is 4.23. The van der Waals surface area contributed by atoms with Crippen LogP contribution in [-0.2, 0) is 11.4 Å². The number of nitrogens with zero attached hydrogens (tertiary/aromatic N) is 4. The smallest absolute Gasteiger partial charge is 0.312 e. The lowest BCUT2D eigenvalue weighted by atomic mass is 10.1. The van der Waals surface area contributed by atoms with Crippen LogP contribution >= 0.6 is 0 Å². The third-order valence-corrected chi connectivity index (χ3v) is 5.17. The maximum atomic E-state index is 13.7. The number of nitrogens with one attached hydrogen (secondary N) is 1. The van der Waals surface area contributed by atoms with E-state index >= 15 is 0 Å². The third kappa shape index (κ3) is 5.40. The van der Waals surface area contributed by atoms with Gasteiger partial charge in [0.25, 0.3) is 5.91 Å². The minimum Gasteiger partial charge on any atom is -0.489 e. The van der Waals surface area contributed by atoms with E-state index in [1.807, 2.05) is 0 Å². The number of ether oxygens (including phenoxy) is 1. The zero-order valence-electron chi connectivity index (χ0n) is 18.7. The van der Waals surface area contributed by atoms with Gasteiger partial charge in [0.1, 0.15) is 35.6 Å². The van der Waals surface area contributed by atoms with E-state index in [4.69, 9.17) is 4.74 Å². The Morgan fingerprint density at radius 1 is 1.24 bits per heavy atom. The molecule has 1 amide bonds. The van der Waals surface area contributed by atoms with E-state index in [2.05, 4.69) is 15.6 Å². The normalized spacial score (nSPS) is 12.3. The predicted molar refractivity (Wildman–Crippen MR) is 121 cm³/mol. The molecule has 0 fully saturated rings. The summed E-state index contributed by atoms with van der Waals surface area (Å²) in [7, 11) is 0. The van der Waals surface area contributed by atoms with Crippen molar-refractivity contribution < 1.29 is 18.8 Å². The second-order valence-electron chi connectivity index (χ2n) is 7.47. The average Bonchev–Trinajstić information content (AvgIpc) is 3.10. The molecule has 0 saturated carbocycles. The molecule has 9 nitrogen and oxygen atoms in total. The number of hydrogen-bond acceptors (Lipinski definition) is 6. The molecule has 2 aromatic carbocycles. The summed E-state index contributed by atoms with van der Waals surface area (Å²) in [4.78, 5) is 23.2. The second-order valence-corrected chi connectivity index (χ2v) is 7.47. The molecule has 0 aliphatic rings. The van der Waals surface area contributed by atoms with Crippen molar-refractivity contribution in [2.24, 2.45) is 5.10 Å². The summed E-state index contributed by atoms with van der Waals surface area (Å²) in [5.41, 5.74) is 4.68. The van der Waals surface area contributed by atoms with E-state index in [9.17, 15) is 19.3 Å². The summed E-state index contributed by atoms with van der Waals surface area (Å²) in [6, 6.07) is 12.6. The van der Waals surface area contributed by atoms with Crippen molar-refractivity contribution in [2.75, 3.05) is 0 Å². The fraction of sp³-hybridized carbons (Fsp3) is 0.261. The Kier molecular flexibility index (Phi) is 7.17. The average molecular weight is 453 g/mol. The standard InChI is InChI=1S/C23H24FN5O4/c1-14(18-9-11-20(12-10-18)33-13-19-7-5-6-8-21(19)24)25-26-23(30)17(4)28-16(3)22(29(31)32)15(2)27-28/h5-12,17H,13H2,1-4H3,(H,26,30)/b25-14+. The molecular formula is C23H24FN5O4. The highest BCUT2D eigenvalue weighted by molar-refractivity contribution is 5.99. The van der Waals surface area contributed by atoms with Gasteiger partial charge in [-0.15, -0.1) is 0 Å². The van der Waals surface area contributed by atoms with Gasteiger partial charge in [0.2, 0.25) is 0 Å². The van der Waals surface area contributed by atoms with Crippen LogP contribution in [-0.4, -0.2) is 26.3 Å². The van der Waals surface area contributed by atoms with Crippen molar-refractivity contribution >= 4 is 17.3 Å². The Morgan fingerprint density at radius 2 is 1.91 bits per heavy atom. The monoisotopic (exact) mass is 453 g/mol. The molecule has 172 valence electrons. The second kappa shape index (κ2) is 10.0. The molecule has 1 heterocycles. The van der Waals surface area contributed by atoms with Crippen LogP contribution in [0, 0.1) is 29.8 Å². The van der Waals surface area contributed by atoms with Gasteiger partial charge in [-0.25, -0.2) is 9.82 Å². The highest BCUT2D eigenvalue weighted by Gasteiger charge is 2.27. The van der Waals surface area contributed by atoms with Crippen LogP contribution in [0.1, 0.15) is 42.4 Å². The fourth-order valence-corrected chi connectivity index (χ4v) is 3.27. The van der Waals surface area contributed by atoms with Crippen molar-refractivity contribution in [3.63, 3.8) is 0 Å². The number of amides is 1. The van der Waals surface area contributed by atoms with Gasteiger partial charge >= 0.3 is 5.69 Å². The largest absolute Gasteiger partial charge is 0.489 e. The van der Waals surface area contributed by atoms with Gasteiger partial charge in [-0.1, -0.05) is 18.2 Å². The number of benzene rings is 2. The summed E-state index contributed by atoms with van der Waals surface area (Å²) < 4.78 is 20.6. The molecule has 1 N–H and O–H groups in total. The minimum absolute atomic E-state index is 0.105. The molecule has 0 bridgehead atoms. The number of rotatable bonds is 8. The Balaban J connectivity index is 1.62. The number of aryl methyl sites for hydroxylation is 1. The summed E-state index contributed by atoms with van der Waals surface area (Å²) in [6.07, 6.45) is 0. The van der Waals surface area contributed by atoms with Crippen LogP contribution < -0.4 is 10.2 Å². The van der Waals surface area contributed by atoms with Gasteiger partial charge in [-0.2, -0.15) is 10.2 Å². The molecule has 1 aromatic heterocycles. The molecule has 1 atom stereocenters. The van der Waals surface area contributed by atoms with Crippen molar-refractivity contribution in [1.29, 1.82) is 0 Å². The molecule has 10 heteroatoms. The molecular weight excluding hydrogens is 429 g/mol. The quantitative estimate of drug-likeness (QED) is 0.312. The number of halogens is 1. The number of carbonyl (C=O) groups excluding carboxylic acids is 1. The molecule has 33 heavy (non-hydrogen) atoms. The van der Waals surface area contributed by atoms with Gasteiger partial charge in [-0.3, -0.25) is 19.6 Å². The first-order valence-corrected chi connectivity index (χ1v) is 10.2. The van der Waals surface area contributed by atoms with E-state index in [0.717, 1.165) is 5.56 Å². The van der Waals surface area contributed by atoms with Crippen LogP contribution in [0.25, 0.3) is 0 Å². The lowest BCUT2D eigenvalue weighted by Crippen LogP contribution is -2.29. The molecule has 0 radical (unpaired) electrons. The van der Waals surface area contributed by atoms with Crippen LogP contribution in [0.2, 0.25) is 0 Å². The van der Waals surface area contributed by atoms with Crippen LogP contribution in [0.4, 0.5) is 10.1 Å². The van der Waals surface area contributed by atoms with Crippen molar-refractivity contribution in [3.8, 4) is 5.75 Å². The number of carbonyl (C=O) groups is 1. The number of aromatic nitrogens is 2. The SMILES string of the molecule is C/C(=N\NC(=O)C(C)n1nc(C)c([N+](=O)[O-])c1C)c1ccc(OCc2ccccc2F)cc1. The van der Waals surface area contributed by atoms with E-state index in [1.165, 1.54) is 17.7 Å². The molecule has 0 saturated heterocycles. The van der Waals surface area contributed by atoms with Crippen LogP contribution in [0.15, 0.2) is 53.6 Å². The van der Waals surface area contributed by atoms with Crippen molar-refractivity contribution in [2.45, 2.75) is 40.3 Å². The first-order chi connectivity index (χ1) is 15.7. The van der Waals surface area contributed by atoms with Crippen molar-refractivity contribution in [3.05, 3.63) is 87.0 Å². The minimum atomic E-state index is -0.789. The summed E-state index contributed by atoms with van der Waals surface area (Å²) in [5, 5.41) is 19.4. The van der Waals surface area contributed by atoms with Crippen LogP contribution in [0.5, 0.6) is 5.75 Å². The first-order valence-electron chi connectivity index (χ1n) is 10.2. The van der Waals surface area contributed by atoms with E-state index in [0.29, 0.717) is 22.7 Å². The third-order valence-electron chi connectivity index (χ3n) is 5.17. The topological polar surface area (TPSA) is 112 Å². The summed E-state index contributed by atoms with van der Waals surface area (Å²) in [5.74, 6) is -0.213. The van der Waals surface area contributed by atoms with Crippen molar-refractivity contribution in [1.82, 2.24) is 15.2 Å². The van der Waals surface area contributed by atoms with Gasteiger partial charge in [0, 0.05) is 5.56 Å². The number of nitro groups is 1. The van der Waals surface area contributed by atoms with E-state index < -0.39 is 16.9 Å².